The monoisotopic (exact) mass is 331 g/mol. The lowest BCUT2D eigenvalue weighted by Gasteiger charge is -2.06. The molecule has 1 rings (SSSR count). The van der Waals surface area contributed by atoms with Crippen molar-refractivity contribution < 1.29 is 19.1 Å². The quantitative estimate of drug-likeness (QED) is 0.755. The van der Waals surface area contributed by atoms with Crippen molar-refractivity contribution in [3.63, 3.8) is 0 Å². The predicted octanol–water partition coefficient (Wildman–Crippen LogP) is 2.96. The Balaban J connectivity index is 2.29. The van der Waals surface area contributed by atoms with Crippen LogP contribution in [0, 0.1) is 5.82 Å². The Morgan fingerprint density at radius 3 is 2.63 bits per heavy atom. The first-order valence-corrected chi connectivity index (χ1v) is 6.75. The molecule has 2 N–H and O–H groups in total. The zero-order chi connectivity index (χ0) is 14.3. The molecule has 0 bridgehead atoms. The first-order valence-electron chi connectivity index (χ1n) is 5.95. The molecule has 1 amide bonds. The minimum Gasteiger partial charge on any atom is -0.481 e. The first-order chi connectivity index (χ1) is 9.00. The van der Waals surface area contributed by atoms with Gasteiger partial charge in [0.1, 0.15) is 5.82 Å². The van der Waals surface area contributed by atoms with Crippen molar-refractivity contribution in [2.24, 2.45) is 0 Å². The second-order valence-electron chi connectivity index (χ2n) is 4.08. The molecule has 0 unspecified atom stereocenters. The smallest absolute Gasteiger partial charge is 0.303 e. The summed E-state index contributed by atoms with van der Waals surface area (Å²) in [6, 6.07) is 3.88. The molecular weight excluding hydrogens is 317 g/mol. The summed E-state index contributed by atoms with van der Waals surface area (Å²) in [7, 11) is 0. The van der Waals surface area contributed by atoms with Gasteiger partial charge >= 0.3 is 5.97 Å². The highest BCUT2D eigenvalue weighted by Crippen LogP contribution is 2.17. The zero-order valence-corrected chi connectivity index (χ0v) is 11.9. The molecule has 0 aromatic heterocycles. The molecule has 0 atom stereocenters. The fourth-order valence-electron chi connectivity index (χ4n) is 1.55. The van der Waals surface area contributed by atoms with Crippen LogP contribution in [0.5, 0.6) is 0 Å². The Bertz CT molecular complexity index is 465. The molecule has 104 valence electrons. The molecule has 0 spiro atoms. The fraction of sp³-hybridized carbons (Fsp3) is 0.385. The third-order valence-corrected chi connectivity index (χ3v) is 3.18. The molecule has 19 heavy (non-hydrogen) atoms. The highest BCUT2D eigenvalue weighted by atomic mass is 79.9. The van der Waals surface area contributed by atoms with Gasteiger partial charge in [0.25, 0.3) is 5.91 Å². The normalized spacial score (nSPS) is 10.2. The number of nitrogens with one attached hydrogen (secondary N) is 1. The molecule has 6 heteroatoms. The van der Waals surface area contributed by atoms with E-state index in [0.717, 1.165) is 12.8 Å². The van der Waals surface area contributed by atoms with Gasteiger partial charge in [-0.15, -0.1) is 0 Å². The molecule has 0 aliphatic heterocycles. The van der Waals surface area contributed by atoms with Crippen LogP contribution >= 0.6 is 15.9 Å². The third kappa shape index (κ3) is 5.83. The van der Waals surface area contributed by atoms with E-state index in [4.69, 9.17) is 5.11 Å². The number of carboxylic acids is 1. The van der Waals surface area contributed by atoms with Gasteiger partial charge in [-0.1, -0.05) is 6.42 Å². The lowest BCUT2D eigenvalue weighted by molar-refractivity contribution is -0.137. The number of hydrogen-bond acceptors (Lipinski definition) is 2. The van der Waals surface area contributed by atoms with E-state index in [0.29, 0.717) is 23.0 Å². The fourth-order valence-corrected chi connectivity index (χ4v) is 2.08. The number of unbranched alkanes of at least 4 members (excludes halogenated alkanes) is 2. The van der Waals surface area contributed by atoms with Crippen LogP contribution in [0.3, 0.4) is 0 Å². The van der Waals surface area contributed by atoms with Crippen molar-refractivity contribution in [1.82, 2.24) is 5.32 Å². The Kier molecular flexibility index (Phi) is 6.49. The summed E-state index contributed by atoms with van der Waals surface area (Å²) in [5.41, 5.74) is 0.381. The number of aliphatic carboxylic acids is 1. The van der Waals surface area contributed by atoms with Crippen molar-refractivity contribution in [3.05, 3.63) is 34.1 Å². The van der Waals surface area contributed by atoms with Gasteiger partial charge in [-0.05, 0) is 47.0 Å². The van der Waals surface area contributed by atoms with E-state index in [1.54, 1.807) is 0 Å². The van der Waals surface area contributed by atoms with E-state index in [-0.39, 0.29) is 12.3 Å². The number of amides is 1. The highest BCUT2D eigenvalue weighted by Gasteiger charge is 2.09. The van der Waals surface area contributed by atoms with Crippen LogP contribution in [-0.2, 0) is 4.79 Å². The number of rotatable bonds is 7. The topological polar surface area (TPSA) is 66.4 Å². The molecule has 1 aromatic rings. The van der Waals surface area contributed by atoms with E-state index in [1.807, 2.05) is 0 Å². The van der Waals surface area contributed by atoms with E-state index >= 15 is 0 Å². The lowest BCUT2D eigenvalue weighted by atomic mass is 10.2. The minimum absolute atomic E-state index is 0.150. The average Bonchev–Trinajstić information content (AvgIpc) is 2.32. The number of carbonyl (C=O) groups is 2. The van der Waals surface area contributed by atoms with Crippen LogP contribution in [-0.4, -0.2) is 23.5 Å². The summed E-state index contributed by atoms with van der Waals surface area (Å²) in [6.45, 7) is 0.474. The molecule has 1 aromatic carbocycles. The largest absolute Gasteiger partial charge is 0.481 e. The van der Waals surface area contributed by atoms with Crippen molar-refractivity contribution in [1.29, 1.82) is 0 Å². The van der Waals surface area contributed by atoms with Crippen LogP contribution < -0.4 is 5.32 Å². The zero-order valence-electron chi connectivity index (χ0n) is 10.3. The SMILES string of the molecule is O=C(O)CCCCCNC(=O)c1ccc(F)cc1Br. The average molecular weight is 332 g/mol. The summed E-state index contributed by atoms with van der Waals surface area (Å²) in [4.78, 5) is 22.0. The van der Waals surface area contributed by atoms with Gasteiger partial charge in [0, 0.05) is 17.4 Å². The number of carboxylic acid groups (broad SMARTS) is 1. The third-order valence-electron chi connectivity index (χ3n) is 2.53. The maximum absolute atomic E-state index is 12.9. The van der Waals surface area contributed by atoms with Gasteiger partial charge in [-0.25, -0.2) is 4.39 Å². The molecule has 0 aliphatic rings. The van der Waals surface area contributed by atoms with E-state index in [2.05, 4.69) is 21.2 Å². The Hall–Kier alpha value is -1.43. The van der Waals surface area contributed by atoms with Gasteiger partial charge in [0.05, 0.1) is 5.56 Å². The molecule has 0 fully saturated rings. The van der Waals surface area contributed by atoms with Crippen molar-refractivity contribution in [2.75, 3.05) is 6.54 Å². The number of benzene rings is 1. The number of halogens is 2. The molecule has 0 heterocycles. The second kappa shape index (κ2) is 7.89. The second-order valence-corrected chi connectivity index (χ2v) is 4.94. The van der Waals surface area contributed by atoms with Crippen molar-refractivity contribution in [2.45, 2.75) is 25.7 Å². The van der Waals surface area contributed by atoms with Crippen LogP contribution in [0.25, 0.3) is 0 Å². The lowest BCUT2D eigenvalue weighted by Crippen LogP contribution is -2.24. The van der Waals surface area contributed by atoms with E-state index in [9.17, 15) is 14.0 Å². The summed E-state index contributed by atoms with van der Waals surface area (Å²) in [5, 5.41) is 11.2. The molecule has 4 nitrogen and oxygen atoms in total. The standard InChI is InChI=1S/C13H15BrFNO3/c14-11-8-9(15)5-6-10(11)13(19)16-7-3-1-2-4-12(17)18/h5-6,8H,1-4,7H2,(H,16,19)(H,17,18). The predicted molar refractivity (Wildman–Crippen MR) is 72.5 cm³/mol. The summed E-state index contributed by atoms with van der Waals surface area (Å²) < 4.78 is 13.3. The maximum atomic E-state index is 12.9. The van der Waals surface area contributed by atoms with Crippen LogP contribution in [0.4, 0.5) is 4.39 Å². The van der Waals surface area contributed by atoms with Gasteiger partial charge in [-0.2, -0.15) is 0 Å². The number of hydrogen-bond donors (Lipinski definition) is 2. The molecule has 0 saturated heterocycles. The highest BCUT2D eigenvalue weighted by molar-refractivity contribution is 9.10. The van der Waals surface area contributed by atoms with Crippen molar-refractivity contribution in [3.8, 4) is 0 Å². The molecular formula is C13H15BrFNO3. The van der Waals surface area contributed by atoms with Gasteiger partial charge in [-0.3, -0.25) is 9.59 Å². The Morgan fingerprint density at radius 2 is 2.00 bits per heavy atom. The summed E-state index contributed by atoms with van der Waals surface area (Å²) in [6.07, 6.45) is 2.22. The van der Waals surface area contributed by atoms with Gasteiger partial charge in [0.15, 0.2) is 0 Å². The van der Waals surface area contributed by atoms with Gasteiger partial charge in [0.2, 0.25) is 0 Å². The Morgan fingerprint density at radius 1 is 1.26 bits per heavy atom. The number of carbonyl (C=O) groups excluding carboxylic acids is 1. The van der Waals surface area contributed by atoms with Crippen LogP contribution in [0.2, 0.25) is 0 Å². The summed E-state index contributed by atoms with van der Waals surface area (Å²) in [5.74, 6) is -1.48. The van der Waals surface area contributed by atoms with Crippen LogP contribution in [0.15, 0.2) is 22.7 Å². The van der Waals surface area contributed by atoms with E-state index < -0.39 is 11.8 Å². The molecule has 0 aliphatic carbocycles. The van der Waals surface area contributed by atoms with Crippen LogP contribution in [0.1, 0.15) is 36.0 Å². The Labute approximate surface area is 119 Å². The summed E-state index contributed by atoms with van der Waals surface area (Å²) >= 11 is 3.13. The van der Waals surface area contributed by atoms with E-state index in [1.165, 1.54) is 18.2 Å². The first kappa shape index (κ1) is 15.6. The minimum atomic E-state index is -0.806. The molecule has 0 saturated carbocycles. The molecule has 0 radical (unpaired) electrons. The van der Waals surface area contributed by atoms with Gasteiger partial charge < -0.3 is 10.4 Å². The maximum Gasteiger partial charge on any atom is 0.303 e. The van der Waals surface area contributed by atoms with Crippen molar-refractivity contribution >= 4 is 27.8 Å².